The summed E-state index contributed by atoms with van der Waals surface area (Å²) in [5, 5.41) is 149. The van der Waals surface area contributed by atoms with Crippen molar-refractivity contribution in [3.63, 3.8) is 0 Å². The van der Waals surface area contributed by atoms with E-state index in [2.05, 4.69) is 19.9 Å². The summed E-state index contributed by atoms with van der Waals surface area (Å²) in [5.41, 5.74) is 0.418. The Balaban J connectivity index is 0.851. The van der Waals surface area contributed by atoms with E-state index in [-0.39, 0.29) is 47.9 Å². The molecule has 0 aromatic heterocycles. The Morgan fingerprint density at radius 3 is 1.75 bits per heavy atom. The lowest BCUT2D eigenvalue weighted by Crippen LogP contribution is -2.67. The van der Waals surface area contributed by atoms with Gasteiger partial charge in [0.2, 0.25) is 0 Å². The van der Waals surface area contributed by atoms with Gasteiger partial charge in [0.05, 0.1) is 50.2 Å². The SMILES string of the molecule is CC(=O)[C@H]1C(OC(=O)CC[C@@H](C)CO[C@@H]2O[C@H](CO)[C@@H](O)[C@H](O)[C@H]2O)C[C@H]2[C@@H]3CC=C4C[C@@H](O[C@@H]5O[C@H](CO)[C@@H](O[C@@H]6O[C@@H](C)[C@H](O[C@@H]7O[C@@H](C)[C@H](O)[C@@H](O)[C@H]7O)[C@@H](O)[C@H]6O)[C@H](O)[C@H]5O[C@@H]5O[C@@H](C)[C@H](O)[C@@H](O)[C@H]5O)CC[C@]4(C)[C@H]3CC[C@]12C. The minimum absolute atomic E-state index is 0.0315. The number of hydrogen-bond acceptors (Lipinski definition) is 27. The Bertz CT molecular complexity index is 2250. The van der Waals surface area contributed by atoms with Crippen LogP contribution in [0.2, 0.25) is 0 Å². The van der Waals surface area contributed by atoms with Gasteiger partial charge < -0.3 is 124 Å². The maximum absolute atomic E-state index is 13.6. The van der Waals surface area contributed by atoms with Gasteiger partial charge in [0.15, 0.2) is 31.5 Å². The Morgan fingerprint density at radius 1 is 0.595 bits per heavy atom. The van der Waals surface area contributed by atoms with Gasteiger partial charge >= 0.3 is 5.97 Å². The Morgan fingerprint density at radius 2 is 1.14 bits per heavy atom. The van der Waals surface area contributed by atoms with E-state index in [0.717, 1.165) is 18.4 Å². The van der Waals surface area contributed by atoms with Crippen molar-refractivity contribution in [3.8, 4) is 0 Å². The van der Waals surface area contributed by atoms with Gasteiger partial charge in [0, 0.05) is 6.42 Å². The molecular weight excluding hydrogens is 1120 g/mol. The number of allylic oxidation sites excluding steroid dienone is 1. The lowest BCUT2D eigenvalue weighted by Gasteiger charge is -2.58. The summed E-state index contributed by atoms with van der Waals surface area (Å²) in [4.78, 5) is 27.2. The lowest BCUT2D eigenvalue weighted by atomic mass is 9.47. The fourth-order valence-corrected chi connectivity index (χ4v) is 15.4. The van der Waals surface area contributed by atoms with Crippen molar-refractivity contribution in [2.75, 3.05) is 19.8 Å². The highest BCUT2D eigenvalue weighted by molar-refractivity contribution is 5.81. The van der Waals surface area contributed by atoms with Gasteiger partial charge in [-0.2, -0.15) is 0 Å². The molecule has 5 aliphatic heterocycles. The van der Waals surface area contributed by atoms with Crippen LogP contribution in [0, 0.1) is 40.4 Å². The Kier molecular flexibility index (Phi) is 21.2. The molecule has 9 aliphatic rings. The second kappa shape index (κ2) is 26.8. The van der Waals surface area contributed by atoms with Crippen molar-refractivity contribution in [1.29, 1.82) is 0 Å². The molecule has 34 atom stereocenters. The summed E-state index contributed by atoms with van der Waals surface area (Å²) < 4.78 is 65.8. The summed E-state index contributed by atoms with van der Waals surface area (Å²) in [5.74, 6) is -0.803. The fraction of sp³-hybridized carbons (Fsp3) is 0.930. The monoisotopic (exact) mass is 1210 g/mol. The smallest absolute Gasteiger partial charge is 0.306 e. The number of esters is 1. The van der Waals surface area contributed by atoms with E-state index in [0.29, 0.717) is 38.5 Å². The molecule has 0 bridgehead atoms. The highest BCUT2D eigenvalue weighted by Gasteiger charge is 2.64. The van der Waals surface area contributed by atoms with E-state index in [4.69, 9.17) is 52.1 Å². The normalized spacial score (nSPS) is 51.9. The number of fused-ring (bicyclic) bond motifs is 5. The molecule has 84 heavy (non-hydrogen) atoms. The third-order valence-electron chi connectivity index (χ3n) is 20.4. The second-order valence-electron chi connectivity index (χ2n) is 25.9. The number of carbonyl (C=O) groups excluding carboxylic acids is 2. The highest BCUT2D eigenvalue weighted by Crippen LogP contribution is 2.67. The predicted molar refractivity (Wildman–Crippen MR) is 282 cm³/mol. The molecule has 8 fully saturated rings. The molecule has 14 N–H and O–H groups in total. The van der Waals surface area contributed by atoms with Crippen LogP contribution in [0.4, 0.5) is 0 Å². The molecule has 5 heterocycles. The number of carbonyl (C=O) groups is 2. The van der Waals surface area contributed by atoms with Crippen molar-refractivity contribution in [2.24, 2.45) is 40.4 Å². The number of ketones is 1. The molecule has 27 heteroatoms. The van der Waals surface area contributed by atoms with E-state index >= 15 is 0 Å². The molecule has 0 amide bonds. The number of ether oxygens (including phenoxy) is 11. The Labute approximate surface area is 487 Å². The molecule has 0 aromatic rings. The molecule has 482 valence electrons. The number of rotatable bonds is 18. The van der Waals surface area contributed by atoms with Gasteiger partial charge in [0.1, 0.15) is 116 Å². The van der Waals surface area contributed by atoms with E-state index in [1.54, 1.807) is 6.92 Å². The summed E-state index contributed by atoms with van der Waals surface area (Å²) >= 11 is 0. The Hall–Kier alpha value is -2.08. The zero-order valence-electron chi connectivity index (χ0n) is 48.6. The summed E-state index contributed by atoms with van der Waals surface area (Å²) in [6, 6.07) is 0. The first-order chi connectivity index (χ1) is 39.6. The molecular formula is C57H92O27. The molecule has 0 radical (unpaired) electrons. The van der Waals surface area contributed by atoms with Crippen molar-refractivity contribution in [3.05, 3.63) is 11.6 Å². The average molecular weight is 1210 g/mol. The van der Waals surface area contributed by atoms with Crippen molar-refractivity contribution in [2.45, 2.75) is 272 Å². The zero-order chi connectivity index (χ0) is 61.2. The van der Waals surface area contributed by atoms with E-state index in [9.17, 15) is 81.1 Å². The maximum atomic E-state index is 13.6. The molecule has 27 nitrogen and oxygen atoms in total. The first kappa shape index (κ1) is 66.3. The van der Waals surface area contributed by atoms with Crippen molar-refractivity contribution < 1.29 is 133 Å². The molecule has 3 saturated carbocycles. The summed E-state index contributed by atoms with van der Waals surface area (Å²) in [6.07, 6.45) is -32.2. The number of aliphatic hydroxyl groups excluding tert-OH is 14. The van der Waals surface area contributed by atoms with Crippen LogP contribution in [-0.2, 0) is 61.7 Å². The summed E-state index contributed by atoms with van der Waals surface area (Å²) in [7, 11) is 0. The molecule has 0 aromatic carbocycles. The van der Waals surface area contributed by atoms with Crippen LogP contribution in [0.3, 0.4) is 0 Å². The summed E-state index contributed by atoms with van der Waals surface area (Å²) in [6.45, 7) is 10.8. The average Bonchev–Trinajstić information content (AvgIpc) is 1.86. The first-order valence-electron chi connectivity index (χ1n) is 29.9. The van der Waals surface area contributed by atoms with E-state index < -0.39 is 196 Å². The molecule has 1 unspecified atom stereocenters. The molecule has 9 rings (SSSR count). The quantitative estimate of drug-likeness (QED) is 0.0471. The topological polar surface area (TPSA) is 419 Å². The van der Waals surface area contributed by atoms with E-state index in [1.165, 1.54) is 20.8 Å². The highest BCUT2D eigenvalue weighted by atomic mass is 16.8. The van der Waals surface area contributed by atoms with Gasteiger partial charge in [-0.15, -0.1) is 0 Å². The number of aliphatic hydroxyl groups is 14. The van der Waals surface area contributed by atoms with Gasteiger partial charge in [-0.05, 0) is 114 Å². The van der Waals surface area contributed by atoms with Gasteiger partial charge in [-0.3, -0.25) is 9.59 Å². The van der Waals surface area contributed by atoms with Gasteiger partial charge in [0.25, 0.3) is 0 Å². The maximum Gasteiger partial charge on any atom is 0.306 e. The van der Waals surface area contributed by atoms with Crippen LogP contribution < -0.4 is 0 Å². The van der Waals surface area contributed by atoms with Crippen molar-refractivity contribution >= 4 is 11.8 Å². The molecule has 4 aliphatic carbocycles. The standard InChI is InChI=1S/C57H92O27/c1-21(20-74-51-43(69)41(67)38(64)32(18-58)80-51)8-11-34(61)79-31-17-30-28-10-9-26-16-27(12-14-56(26,6)29(28)13-15-57(30,7)35(31)22(2)60)78-55-50(84-53-45(71)40(66)37(63)24(4)76-53)47(73)49(33(19-59)81-55)83-54-46(72)42(68)48(25(5)77-54)82-52-44(70)39(65)36(62)23(3)75-52/h9,21,23-25,27-33,35-55,58-59,62-73H,8,10-20H2,1-7H3/t21-,23+,24+,25+,27+,28-,29+,30+,31?,32-,33-,35+,36+,37+,38-,39-,40-,41+,42+,43-,44-,45-,46-,47+,48+,49-,50-,51-,52+,53+,54+,55-,56+,57+/m1/s1. The van der Waals surface area contributed by atoms with Gasteiger partial charge in [-0.1, -0.05) is 32.4 Å². The van der Waals surface area contributed by atoms with Crippen LogP contribution in [0.15, 0.2) is 11.6 Å². The van der Waals surface area contributed by atoms with Crippen LogP contribution in [-0.4, -0.2) is 269 Å². The van der Waals surface area contributed by atoms with Gasteiger partial charge in [-0.25, -0.2) is 0 Å². The van der Waals surface area contributed by atoms with Crippen LogP contribution in [0.5, 0.6) is 0 Å². The minimum atomic E-state index is -1.90. The number of hydrogen-bond donors (Lipinski definition) is 14. The third kappa shape index (κ3) is 12.8. The van der Waals surface area contributed by atoms with E-state index in [1.807, 2.05) is 6.92 Å². The second-order valence-corrected chi connectivity index (χ2v) is 25.9. The van der Waals surface area contributed by atoms with Crippen LogP contribution in [0.1, 0.15) is 106 Å². The molecule has 0 spiro atoms. The lowest BCUT2D eigenvalue weighted by molar-refractivity contribution is -0.394. The first-order valence-corrected chi connectivity index (χ1v) is 29.9. The minimum Gasteiger partial charge on any atom is -0.462 e. The molecule has 5 saturated heterocycles. The largest absolute Gasteiger partial charge is 0.462 e. The third-order valence-corrected chi connectivity index (χ3v) is 20.4. The van der Waals surface area contributed by atoms with Crippen molar-refractivity contribution in [1.82, 2.24) is 0 Å². The van der Waals surface area contributed by atoms with Crippen LogP contribution in [0.25, 0.3) is 0 Å². The predicted octanol–water partition coefficient (Wildman–Crippen LogP) is -3.35. The number of Topliss-reactive ketones (excluding diaryl/α,β-unsaturated/α-hetero) is 1. The van der Waals surface area contributed by atoms with Crippen LogP contribution >= 0.6 is 0 Å². The zero-order valence-corrected chi connectivity index (χ0v) is 48.6. The fourth-order valence-electron chi connectivity index (χ4n) is 15.4.